The van der Waals surface area contributed by atoms with E-state index in [0.717, 1.165) is 35.4 Å². The molecule has 156 valence electrons. The number of allylic oxidation sites excluding steroid dienone is 1. The summed E-state index contributed by atoms with van der Waals surface area (Å²) in [6, 6.07) is 15.4. The molecule has 1 atom stereocenters. The van der Waals surface area contributed by atoms with Crippen LogP contribution in [-0.4, -0.2) is 25.3 Å². The summed E-state index contributed by atoms with van der Waals surface area (Å²) in [5.74, 6) is 1.61. The number of benzene rings is 2. The van der Waals surface area contributed by atoms with E-state index in [1.54, 1.807) is 7.11 Å². The van der Waals surface area contributed by atoms with E-state index in [-0.39, 0.29) is 24.3 Å². The number of para-hydroxylation sites is 1. The first kappa shape index (κ1) is 20.0. The second-order valence-corrected chi connectivity index (χ2v) is 7.71. The largest absolute Gasteiger partial charge is 0.493 e. The number of nitrogens with one attached hydrogen (secondary N) is 3. The van der Waals surface area contributed by atoms with Crippen LogP contribution in [-0.2, 0) is 4.79 Å². The lowest BCUT2D eigenvalue weighted by molar-refractivity contribution is -0.121. The quantitative estimate of drug-likeness (QED) is 0.588. The summed E-state index contributed by atoms with van der Waals surface area (Å²) in [6.45, 7) is 0. The van der Waals surface area contributed by atoms with Gasteiger partial charge >= 0.3 is 0 Å². The van der Waals surface area contributed by atoms with Crippen molar-refractivity contribution in [1.29, 1.82) is 5.41 Å². The fourth-order valence-corrected chi connectivity index (χ4v) is 4.16. The Balaban J connectivity index is 1.64. The van der Waals surface area contributed by atoms with E-state index in [4.69, 9.17) is 14.9 Å². The summed E-state index contributed by atoms with van der Waals surface area (Å²) < 4.78 is 11.7. The maximum atomic E-state index is 12.4. The summed E-state index contributed by atoms with van der Waals surface area (Å²) in [5, 5.41) is 14.1. The van der Waals surface area contributed by atoms with E-state index in [0.29, 0.717) is 11.6 Å². The van der Waals surface area contributed by atoms with Crippen molar-refractivity contribution in [3.8, 4) is 11.5 Å². The molecule has 0 saturated heterocycles. The maximum absolute atomic E-state index is 12.4. The van der Waals surface area contributed by atoms with E-state index >= 15 is 0 Å². The van der Waals surface area contributed by atoms with Crippen LogP contribution in [0, 0.1) is 5.41 Å². The first-order valence-corrected chi connectivity index (χ1v) is 10.4. The van der Waals surface area contributed by atoms with E-state index in [1.165, 1.54) is 19.1 Å². The number of hydrogen-bond acceptors (Lipinski definition) is 5. The second-order valence-electron chi connectivity index (χ2n) is 7.71. The molecule has 2 aromatic carbocycles. The van der Waals surface area contributed by atoms with Gasteiger partial charge in [-0.15, -0.1) is 0 Å². The minimum Gasteiger partial charge on any atom is -0.493 e. The van der Waals surface area contributed by atoms with Gasteiger partial charge in [0, 0.05) is 29.8 Å². The number of carbonyl (C=O) groups is 1. The van der Waals surface area contributed by atoms with E-state index in [1.807, 2.05) is 48.5 Å². The molecule has 1 fully saturated rings. The van der Waals surface area contributed by atoms with Gasteiger partial charge in [0.25, 0.3) is 0 Å². The number of anilines is 1. The number of hydrogen-bond donors (Lipinski definition) is 3. The third-order valence-corrected chi connectivity index (χ3v) is 5.70. The van der Waals surface area contributed by atoms with Gasteiger partial charge in [-0.05, 0) is 55.5 Å². The van der Waals surface area contributed by atoms with Crippen molar-refractivity contribution in [3.63, 3.8) is 0 Å². The molecule has 4 rings (SSSR count). The standard InChI is InChI=1S/C24H27N3O3/c1-29-22-13-16(11-12-21(22)30-18-9-5-6-10-18)19-14-23(28)27-24(20(19)15-25)26-17-7-3-2-4-8-17/h2-4,7-8,11-13,15,18-19,25-26H,5-6,9-10,14H2,1H3,(H,27,28). The van der Waals surface area contributed by atoms with Crippen molar-refractivity contribution in [3.05, 3.63) is 65.5 Å². The van der Waals surface area contributed by atoms with Gasteiger partial charge in [-0.3, -0.25) is 4.79 Å². The molecular formula is C24H27N3O3. The van der Waals surface area contributed by atoms with Crippen molar-refractivity contribution in [2.75, 3.05) is 12.4 Å². The lowest BCUT2D eigenvalue weighted by Gasteiger charge is -2.28. The topological polar surface area (TPSA) is 83.4 Å². The normalized spacial score (nSPS) is 19.4. The van der Waals surface area contributed by atoms with E-state index in [2.05, 4.69) is 10.6 Å². The zero-order valence-electron chi connectivity index (χ0n) is 17.1. The second kappa shape index (κ2) is 9.03. The Morgan fingerprint density at radius 3 is 2.57 bits per heavy atom. The van der Waals surface area contributed by atoms with Crippen molar-refractivity contribution in [2.24, 2.45) is 0 Å². The zero-order valence-corrected chi connectivity index (χ0v) is 17.1. The molecule has 1 aliphatic heterocycles. The van der Waals surface area contributed by atoms with Gasteiger partial charge in [0.1, 0.15) is 5.82 Å². The molecule has 6 heteroatoms. The highest BCUT2D eigenvalue weighted by molar-refractivity contribution is 5.90. The third-order valence-electron chi connectivity index (χ3n) is 5.70. The Kier molecular flexibility index (Phi) is 6.02. The molecule has 6 nitrogen and oxygen atoms in total. The van der Waals surface area contributed by atoms with Crippen molar-refractivity contribution >= 4 is 17.8 Å². The maximum Gasteiger partial charge on any atom is 0.226 e. The summed E-state index contributed by atoms with van der Waals surface area (Å²) in [6.07, 6.45) is 6.37. The lowest BCUT2D eigenvalue weighted by atomic mass is 9.86. The Morgan fingerprint density at radius 1 is 1.10 bits per heavy atom. The van der Waals surface area contributed by atoms with Crippen LogP contribution >= 0.6 is 0 Å². The van der Waals surface area contributed by atoms with Crippen LogP contribution < -0.4 is 20.1 Å². The monoisotopic (exact) mass is 405 g/mol. The molecule has 1 unspecified atom stereocenters. The number of carbonyl (C=O) groups excluding carboxylic acids is 1. The van der Waals surface area contributed by atoms with E-state index in [9.17, 15) is 4.79 Å². The zero-order chi connectivity index (χ0) is 20.9. The van der Waals surface area contributed by atoms with Gasteiger partial charge in [-0.2, -0.15) is 0 Å². The highest BCUT2D eigenvalue weighted by Gasteiger charge is 2.29. The summed E-state index contributed by atoms with van der Waals surface area (Å²) in [4.78, 5) is 12.4. The number of rotatable bonds is 7. The molecular weight excluding hydrogens is 378 g/mol. The van der Waals surface area contributed by atoms with Crippen LogP contribution in [0.25, 0.3) is 0 Å². The van der Waals surface area contributed by atoms with Crippen molar-refractivity contribution < 1.29 is 14.3 Å². The molecule has 30 heavy (non-hydrogen) atoms. The Bertz CT molecular complexity index is 949. The van der Waals surface area contributed by atoms with Gasteiger partial charge in [0.2, 0.25) is 5.91 Å². The molecule has 0 spiro atoms. The number of ether oxygens (including phenoxy) is 2. The van der Waals surface area contributed by atoms with E-state index < -0.39 is 0 Å². The van der Waals surface area contributed by atoms with Crippen LogP contribution in [0.1, 0.15) is 43.6 Å². The lowest BCUT2D eigenvalue weighted by Crippen LogP contribution is -2.36. The summed E-state index contributed by atoms with van der Waals surface area (Å²) >= 11 is 0. The van der Waals surface area contributed by atoms with Crippen LogP contribution in [0.5, 0.6) is 11.5 Å². The van der Waals surface area contributed by atoms with Crippen LogP contribution in [0.2, 0.25) is 0 Å². The molecule has 1 amide bonds. The average Bonchev–Trinajstić information content (AvgIpc) is 3.27. The average molecular weight is 405 g/mol. The first-order chi connectivity index (χ1) is 14.7. The molecule has 1 saturated carbocycles. The molecule has 3 N–H and O–H groups in total. The Morgan fingerprint density at radius 2 is 1.87 bits per heavy atom. The summed E-state index contributed by atoms with van der Waals surface area (Å²) in [5.41, 5.74) is 2.50. The fraction of sp³-hybridized carbons (Fsp3) is 0.333. The van der Waals surface area contributed by atoms with Gasteiger partial charge < -0.3 is 25.5 Å². The minimum absolute atomic E-state index is 0.0886. The molecule has 1 aliphatic carbocycles. The Labute approximate surface area is 176 Å². The van der Waals surface area contributed by atoms with Crippen molar-refractivity contribution in [2.45, 2.75) is 44.1 Å². The van der Waals surface area contributed by atoms with Gasteiger partial charge in [0.05, 0.1) is 13.2 Å². The molecule has 0 bridgehead atoms. The van der Waals surface area contributed by atoms with Crippen molar-refractivity contribution in [1.82, 2.24) is 5.32 Å². The number of methoxy groups -OCH3 is 1. The predicted molar refractivity (Wildman–Crippen MR) is 117 cm³/mol. The smallest absolute Gasteiger partial charge is 0.226 e. The SMILES string of the molecule is COc1cc(C2CC(=O)NC(Nc3ccccc3)=C2C=N)ccc1OC1CCCC1. The Hall–Kier alpha value is -3.28. The van der Waals surface area contributed by atoms with Gasteiger partial charge in [-0.1, -0.05) is 24.3 Å². The molecule has 0 aromatic heterocycles. The summed E-state index contributed by atoms with van der Waals surface area (Å²) in [7, 11) is 1.63. The molecule has 1 heterocycles. The highest BCUT2D eigenvalue weighted by Crippen LogP contribution is 2.38. The predicted octanol–water partition coefficient (Wildman–Crippen LogP) is 4.59. The molecule has 2 aliphatic rings. The third kappa shape index (κ3) is 4.32. The van der Waals surface area contributed by atoms with Crippen LogP contribution in [0.4, 0.5) is 5.69 Å². The fourth-order valence-electron chi connectivity index (χ4n) is 4.16. The van der Waals surface area contributed by atoms with Crippen LogP contribution in [0.3, 0.4) is 0 Å². The first-order valence-electron chi connectivity index (χ1n) is 10.4. The minimum atomic E-state index is -0.239. The van der Waals surface area contributed by atoms with Gasteiger partial charge in [-0.25, -0.2) is 0 Å². The highest BCUT2D eigenvalue weighted by atomic mass is 16.5. The molecule has 0 radical (unpaired) electrons. The number of amides is 1. The van der Waals surface area contributed by atoms with Crippen LogP contribution in [0.15, 0.2) is 59.9 Å². The van der Waals surface area contributed by atoms with Gasteiger partial charge in [0.15, 0.2) is 11.5 Å². The molecule has 2 aromatic rings.